The van der Waals surface area contributed by atoms with E-state index in [0.717, 1.165) is 5.56 Å². The number of hydrogen-bond acceptors (Lipinski definition) is 4. The van der Waals surface area contributed by atoms with Gasteiger partial charge in [-0.15, -0.1) is 0 Å². The van der Waals surface area contributed by atoms with Gasteiger partial charge in [-0.2, -0.15) is 5.26 Å². The molecule has 0 bridgehead atoms. The van der Waals surface area contributed by atoms with Crippen molar-refractivity contribution in [2.24, 2.45) is 0 Å². The molecule has 0 aliphatic carbocycles. The zero-order valence-corrected chi connectivity index (χ0v) is 10.8. The number of carbonyl (C=O) groups is 1. The fourth-order valence-electron chi connectivity index (χ4n) is 1.91. The molecule has 5 heteroatoms. The van der Waals surface area contributed by atoms with Gasteiger partial charge in [0.05, 0.1) is 16.8 Å². The minimum absolute atomic E-state index is 0.0558. The molecule has 0 aliphatic rings. The molecule has 100 valence electrons. The minimum Gasteiger partial charge on any atom is -0.478 e. The van der Waals surface area contributed by atoms with Gasteiger partial charge in [0.25, 0.3) is 0 Å². The van der Waals surface area contributed by atoms with Crippen LogP contribution in [0.3, 0.4) is 0 Å². The Bertz CT molecular complexity index is 718. The second kappa shape index (κ2) is 5.33. The predicted molar refractivity (Wildman–Crippen MR) is 77.0 cm³/mol. The van der Waals surface area contributed by atoms with Crippen molar-refractivity contribution < 1.29 is 9.90 Å². The van der Waals surface area contributed by atoms with Crippen LogP contribution in [-0.2, 0) is 0 Å². The van der Waals surface area contributed by atoms with E-state index < -0.39 is 5.97 Å². The normalized spacial score (nSPS) is 9.80. The van der Waals surface area contributed by atoms with Gasteiger partial charge in [-0.3, -0.25) is 0 Å². The molecule has 0 radical (unpaired) electrons. The Kier molecular flexibility index (Phi) is 3.58. The highest BCUT2D eigenvalue weighted by atomic mass is 16.4. The Balaban J connectivity index is 2.37. The Morgan fingerprint density at radius 3 is 2.70 bits per heavy atom. The van der Waals surface area contributed by atoms with Crippen LogP contribution in [0.4, 0.5) is 17.1 Å². The van der Waals surface area contributed by atoms with Crippen molar-refractivity contribution in [3.05, 3.63) is 53.1 Å². The summed E-state index contributed by atoms with van der Waals surface area (Å²) >= 11 is 0. The van der Waals surface area contributed by atoms with Crippen molar-refractivity contribution in [3.63, 3.8) is 0 Å². The second-order valence-corrected chi connectivity index (χ2v) is 4.34. The van der Waals surface area contributed by atoms with Gasteiger partial charge < -0.3 is 16.2 Å². The van der Waals surface area contributed by atoms with Gasteiger partial charge in [-0.25, -0.2) is 4.79 Å². The van der Waals surface area contributed by atoms with E-state index in [9.17, 15) is 4.79 Å². The van der Waals surface area contributed by atoms with Crippen LogP contribution < -0.4 is 11.1 Å². The summed E-state index contributed by atoms with van der Waals surface area (Å²) in [4.78, 5) is 10.9. The molecular formula is C15H13N3O2. The predicted octanol–water partition coefficient (Wildman–Crippen LogP) is 2.89. The molecule has 0 saturated carbocycles. The first-order valence-electron chi connectivity index (χ1n) is 5.92. The van der Waals surface area contributed by atoms with Crippen LogP contribution in [-0.4, -0.2) is 11.1 Å². The fraction of sp³-hybridized carbons (Fsp3) is 0.0667. The van der Waals surface area contributed by atoms with Crippen molar-refractivity contribution in [2.75, 3.05) is 11.1 Å². The zero-order chi connectivity index (χ0) is 14.7. The second-order valence-electron chi connectivity index (χ2n) is 4.34. The number of nitrogens with zero attached hydrogens (tertiary/aromatic N) is 1. The summed E-state index contributed by atoms with van der Waals surface area (Å²) in [5, 5.41) is 21.2. The lowest BCUT2D eigenvalue weighted by Gasteiger charge is -2.11. The molecule has 0 atom stereocenters. The third-order valence-electron chi connectivity index (χ3n) is 2.95. The van der Waals surface area contributed by atoms with E-state index in [1.807, 2.05) is 19.1 Å². The van der Waals surface area contributed by atoms with Crippen LogP contribution in [0.1, 0.15) is 21.5 Å². The molecule has 4 N–H and O–H groups in total. The van der Waals surface area contributed by atoms with Crippen molar-refractivity contribution >= 4 is 23.0 Å². The van der Waals surface area contributed by atoms with E-state index in [-0.39, 0.29) is 11.3 Å². The molecule has 0 heterocycles. The number of benzene rings is 2. The molecule has 0 fully saturated rings. The highest BCUT2D eigenvalue weighted by molar-refractivity contribution is 5.94. The van der Waals surface area contributed by atoms with Crippen molar-refractivity contribution in [1.29, 1.82) is 5.26 Å². The van der Waals surface area contributed by atoms with Gasteiger partial charge in [0.2, 0.25) is 0 Å². The third-order valence-corrected chi connectivity index (χ3v) is 2.95. The molecule has 2 aromatic rings. The number of carboxylic acid groups (broad SMARTS) is 1. The zero-order valence-electron chi connectivity index (χ0n) is 10.8. The molecule has 5 nitrogen and oxygen atoms in total. The molecule has 0 spiro atoms. The first-order valence-corrected chi connectivity index (χ1v) is 5.92. The summed E-state index contributed by atoms with van der Waals surface area (Å²) in [6, 6.07) is 12.2. The van der Waals surface area contributed by atoms with E-state index in [4.69, 9.17) is 16.1 Å². The van der Waals surface area contributed by atoms with Crippen molar-refractivity contribution in [2.45, 2.75) is 6.92 Å². The number of nitriles is 1. The first kappa shape index (κ1) is 13.4. The number of nitrogens with two attached hydrogens (primary N) is 1. The summed E-state index contributed by atoms with van der Waals surface area (Å²) in [5.74, 6) is -1.07. The smallest absolute Gasteiger partial charge is 0.337 e. The van der Waals surface area contributed by atoms with Gasteiger partial charge in [0.1, 0.15) is 6.07 Å². The van der Waals surface area contributed by atoms with E-state index in [1.165, 1.54) is 12.1 Å². The topological polar surface area (TPSA) is 99.1 Å². The van der Waals surface area contributed by atoms with Gasteiger partial charge in [-0.05, 0) is 36.8 Å². The molecule has 0 unspecified atom stereocenters. The molecule has 2 rings (SSSR count). The van der Waals surface area contributed by atoms with E-state index in [0.29, 0.717) is 16.9 Å². The molecule has 0 aromatic heterocycles. The molecule has 0 aliphatic heterocycles. The lowest BCUT2D eigenvalue weighted by atomic mass is 10.1. The monoisotopic (exact) mass is 267 g/mol. The maximum Gasteiger partial charge on any atom is 0.337 e. The average molecular weight is 267 g/mol. The van der Waals surface area contributed by atoms with Crippen LogP contribution in [0.5, 0.6) is 0 Å². The molecule has 0 amide bonds. The Labute approximate surface area is 116 Å². The third kappa shape index (κ3) is 2.54. The maximum absolute atomic E-state index is 10.9. The van der Waals surface area contributed by atoms with Crippen molar-refractivity contribution in [1.82, 2.24) is 0 Å². The number of anilines is 3. The summed E-state index contributed by atoms with van der Waals surface area (Å²) in [6.45, 7) is 1.85. The molecule has 0 saturated heterocycles. The fourth-order valence-corrected chi connectivity index (χ4v) is 1.91. The Morgan fingerprint density at radius 1 is 1.35 bits per heavy atom. The van der Waals surface area contributed by atoms with Gasteiger partial charge in [0.15, 0.2) is 0 Å². The lowest BCUT2D eigenvalue weighted by molar-refractivity contribution is 0.0698. The van der Waals surface area contributed by atoms with Crippen LogP contribution in [0.25, 0.3) is 0 Å². The van der Waals surface area contributed by atoms with E-state index in [1.54, 1.807) is 12.1 Å². The summed E-state index contributed by atoms with van der Waals surface area (Å²) in [7, 11) is 0. The van der Waals surface area contributed by atoms with Gasteiger partial charge in [0, 0.05) is 11.4 Å². The van der Waals surface area contributed by atoms with E-state index >= 15 is 0 Å². The van der Waals surface area contributed by atoms with Crippen molar-refractivity contribution in [3.8, 4) is 6.07 Å². The number of carboxylic acids is 1. The number of nitrogens with one attached hydrogen (secondary N) is 1. The summed E-state index contributed by atoms with van der Waals surface area (Å²) in [5.41, 5.74) is 8.63. The number of nitrogen functional groups attached to an aromatic ring is 1. The Hall–Kier alpha value is -3.00. The summed E-state index contributed by atoms with van der Waals surface area (Å²) < 4.78 is 0. The lowest BCUT2D eigenvalue weighted by Crippen LogP contribution is -2.03. The SMILES string of the molecule is Cc1cccc(Nc2ccc(C(=O)O)c(N)c2)c1C#N. The van der Waals surface area contributed by atoms with Crippen LogP contribution >= 0.6 is 0 Å². The Morgan fingerprint density at radius 2 is 2.10 bits per heavy atom. The van der Waals surface area contributed by atoms with Crippen LogP contribution in [0.15, 0.2) is 36.4 Å². The van der Waals surface area contributed by atoms with Crippen LogP contribution in [0.2, 0.25) is 0 Å². The molecule has 2 aromatic carbocycles. The molecular weight excluding hydrogens is 254 g/mol. The largest absolute Gasteiger partial charge is 0.478 e. The number of hydrogen-bond donors (Lipinski definition) is 3. The van der Waals surface area contributed by atoms with E-state index in [2.05, 4.69) is 11.4 Å². The standard InChI is InChI=1S/C15H13N3O2/c1-9-3-2-4-14(12(9)8-16)18-10-5-6-11(15(19)20)13(17)7-10/h2-7,18H,17H2,1H3,(H,19,20). The minimum atomic E-state index is -1.07. The molecule has 20 heavy (non-hydrogen) atoms. The highest BCUT2D eigenvalue weighted by Gasteiger charge is 2.09. The number of aryl methyl sites for hydroxylation is 1. The first-order chi connectivity index (χ1) is 9.52. The van der Waals surface area contributed by atoms with Gasteiger partial charge in [-0.1, -0.05) is 12.1 Å². The number of rotatable bonds is 3. The van der Waals surface area contributed by atoms with Gasteiger partial charge >= 0.3 is 5.97 Å². The highest BCUT2D eigenvalue weighted by Crippen LogP contribution is 2.25. The van der Waals surface area contributed by atoms with Crippen LogP contribution in [0, 0.1) is 18.3 Å². The maximum atomic E-state index is 10.9. The number of aromatic carboxylic acids is 1. The summed E-state index contributed by atoms with van der Waals surface area (Å²) in [6.07, 6.45) is 0. The average Bonchev–Trinajstić information content (AvgIpc) is 2.38. The quantitative estimate of drug-likeness (QED) is 0.742.